The van der Waals surface area contributed by atoms with Crippen molar-refractivity contribution < 1.29 is 24.9 Å². The average Bonchev–Trinajstić information content (AvgIpc) is 3.15. The zero-order chi connectivity index (χ0) is 35.5. The van der Waals surface area contributed by atoms with Gasteiger partial charge < -0.3 is 0 Å². The first-order chi connectivity index (χ1) is 24.8. The number of phenolic OH excluding ortho intramolecular Hbond substituents is 4. The molecule has 0 amide bonds. The second-order valence-electron chi connectivity index (χ2n) is 12.9. The summed E-state index contributed by atoms with van der Waals surface area (Å²) < 4.78 is 8.19. The fourth-order valence-electron chi connectivity index (χ4n) is 7.26. The van der Waals surface area contributed by atoms with Crippen molar-refractivity contribution in [1.29, 1.82) is 0 Å². The summed E-state index contributed by atoms with van der Waals surface area (Å²) in [5.41, 5.74) is 3.89. The normalized spacial score (nSPS) is 12.1. The Morgan fingerprint density at radius 3 is 1.06 bits per heavy atom. The molecule has 0 radical (unpaired) electrons. The number of aryl methyl sites for hydroxylation is 1. The predicted octanol–water partition coefficient (Wildman–Crippen LogP) is 8.15. The van der Waals surface area contributed by atoms with E-state index in [1.165, 1.54) is 12.1 Å². The molecular formula is C45H39O5P. The van der Waals surface area contributed by atoms with Gasteiger partial charge in [0.15, 0.2) is 0 Å². The van der Waals surface area contributed by atoms with Crippen LogP contribution >= 0.6 is 6.83 Å². The van der Waals surface area contributed by atoms with Crippen LogP contribution in [0.4, 0.5) is 0 Å². The van der Waals surface area contributed by atoms with Crippen LogP contribution in [0.25, 0.3) is 0 Å². The fraction of sp³-hybridized carbons (Fsp3) is 0.0667. The minimum absolute atomic E-state index is 0.0186. The van der Waals surface area contributed by atoms with Crippen LogP contribution in [0, 0.1) is 6.92 Å². The van der Waals surface area contributed by atoms with E-state index in [-0.39, 0.29) is 23.0 Å². The van der Waals surface area contributed by atoms with Crippen molar-refractivity contribution in [2.45, 2.75) is 19.8 Å². The SMILES string of the molecule is Cc1cc(Cc2ccc(O)cc2O)c(OP(c2ccccc2)(c2ccccc2)(c2ccccc2)c2ccccc2)c(Cc2ccc(O)cc2O)c1. The van der Waals surface area contributed by atoms with Crippen LogP contribution < -0.4 is 25.7 Å². The first-order valence-corrected chi connectivity index (χ1v) is 19.0. The van der Waals surface area contributed by atoms with Crippen molar-refractivity contribution in [3.8, 4) is 28.7 Å². The van der Waals surface area contributed by atoms with Crippen LogP contribution in [0.3, 0.4) is 0 Å². The summed E-state index contributed by atoms with van der Waals surface area (Å²) in [6.45, 7) is -2.18. The summed E-state index contributed by atoms with van der Waals surface area (Å²) >= 11 is 0. The van der Waals surface area contributed by atoms with Crippen molar-refractivity contribution in [2.24, 2.45) is 0 Å². The molecule has 0 saturated carbocycles. The predicted molar refractivity (Wildman–Crippen MR) is 208 cm³/mol. The summed E-state index contributed by atoms with van der Waals surface area (Å²) in [4.78, 5) is 0. The first-order valence-electron chi connectivity index (χ1n) is 16.9. The zero-order valence-corrected chi connectivity index (χ0v) is 29.1. The van der Waals surface area contributed by atoms with Gasteiger partial charge in [0.25, 0.3) is 0 Å². The molecule has 0 unspecified atom stereocenters. The fourth-order valence-corrected chi connectivity index (χ4v) is 13.0. The average molecular weight is 691 g/mol. The molecule has 0 aliphatic rings. The molecule has 0 atom stereocenters. The third kappa shape index (κ3) is 5.96. The molecule has 0 bridgehead atoms. The van der Waals surface area contributed by atoms with E-state index >= 15 is 0 Å². The van der Waals surface area contributed by atoms with E-state index in [9.17, 15) is 20.4 Å². The summed E-state index contributed by atoms with van der Waals surface area (Å²) in [6.07, 6.45) is 0.606. The van der Waals surface area contributed by atoms with Crippen molar-refractivity contribution in [1.82, 2.24) is 0 Å². The zero-order valence-electron chi connectivity index (χ0n) is 28.2. The van der Waals surface area contributed by atoms with Gasteiger partial charge in [-0.25, -0.2) is 0 Å². The van der Waals surface area contributed by atoms with Crippen LogP contribution in [-0.4, -0.2) is 20.4 Å². The minimum atomic E-state index is -4.20. The molecule has 254 valence electrons. The molecule has 0 aliphatic heterocycles. The van der Waals surface area contributed by atoms with Crippen molar-refractivity contribution in [3.63, 3.8) is 0 Å². The molecule has 5 nitrogen and oxygen atoms in total. The van der Waals surface area contributed by atoms with Crippen LogP contribution in [0.1, 0.15) is 27.8 Å². The molecule has 0 aliphatic carbocycles. The summed E-state index contributed by atoms with van der Waals surface area (Å²) in [5.74, 6) is 0.543. The van der Waals surface area contributed by atoms with Gasteiger partial charge in [0, 0.05) is 0 Å². The van der Waals surface area contributed by atoms with Crippen LogP contribution in [0.5, 0.6) is 28.7 Å². The summed E-state index contributed by atoms with van der Waals surface area (Å²) in [5, 5.41) is 46.3. The van der Waals surface area contributed by atoms with Gasteiger partial charge in [-0.15, -0.1) is 0 Å². The van der Waals surface area contributed by atoms with Gasteiger partial charge in [0.2, 0.25) is 0 Å². The summed E-state index contributed by atoms with van der Waals surface area (Å²) in [6, 6.07) is 55.1. The van der Waals surface area contributed by atoms with Crippen molar-refractivity contribution >= 4 is 28.0 Å². The van der Waals surface area contributed by atoms with E-state index in [4.69, 9.17) is 4.52 Å². The van der Waals surface area contributed by atoms with E-state index in [0.29, 0.717) is 29.7 Å². The Hall–Kier alpha value is -6.03. The maximum absolute atomic E-state index is 11.0. The number of hydrogen-bond acceptors (Lipinski definition) is 5. The van der Waals surface area contributed by atoms with Gasteiger partial charge in [0.05, 0.1) is 0 Å². The van der Waals surface area contributed by atoms with E-state index in [1.54, 1.807) is 24.3 Å². The molecular weight excluding hydrogens is 651 g/mol. The van der Waals surface area contributed by atoms with Gasteiger partial charge in [-0.1, -0.05) is 0 Å². The van der Waals surface area contributed by atoms with Crippen molar-refractivity contribution in [2.75, 3.05) is 0 Å². The Morgan fingerprint density at radius 2 is 0.745 bits per heavy atom. The van der Waals surface area contributed by atoms with Gasteiger partial charge in [-0.05, 0) is 0 Å². The van der Waals surface area contributed by atoms with Crippen LogP contribution in [-0.2, 0) is 12.8 Å². The summed E-state index contributed by atoms with van der Waals surface area (Å²) in [7, 11) is 0. The Balaban J connectivity index is 1.63. The molecule has 7 rings (SSSR count). The monoisotopic (exact) mass is 690 g/mol. The third-order valence-electron chi connectivity index (χ3n) is 9.56. The Morgan fingerprint density at radius 1 is 0.412 bits per heavy atom. The maximum atomic E-state index is 11.0. The molecule has 0 fully saturated rings. The van der Waals surface area contributed by atoms with Crippen molar-refractivity contribution in [3.05, 3.63) is 198 Å². The third-order valence-corrected chi connectivity index (χ3v) is 15.2. The Bertz CT molecular complexity index is 2050. The number of rotatable bonds is 10. The molecule has 7 aromatic rings. The standard InChI is InChI=1S/C45H39O5P/c1-32-26-35(28-33-22-24-37(46)30-43(33)48)45(36(27-32)29-34-23-25-38(47)31-44(34)49)50-51(39-14-6-2-7-15-39,40-16-8-3-9-17-40,41-18-10-4-11-19-41)42-20-12-5-13-21-42/h2-27,30-31,46-49H,28-29H2,1H3. The number of phenols is 4. The molecule has 0 heterocycles. The van der Waals surface area contributed by atoms with Crippen LogP contribution in [0.15, 0.2) is 170 Å². The molecule has 6 heteroatoms. The van der Waals surface area contributed by atoms with Gasteiger partial charge in [0.1, 0.15) is 0 Å². The second-order valence-corrected chi connectivity index (χ2v) is 17.2. The Labute approximate surface area is 298 Å². The number of aromatic hydroxyl groups is 4. The van der Waals surface area contributed by atoms with Gasteiger partial charge in [-0.3, -0.25) is 0 Å². The number of benzene rings is 7. The van der Waals surface area contributed by atoms with E-state index < -0.39 is 6.83 Å². The Kier molecular flexibility index (Phi) is 8.99. The molecule has 7 aromatic carbocycles. The van der Waals surface area contributed by atoms with Gasteiger partial charge >= 0.3 is 299 Å². The number of hydrogen-bond donors (Lipinski definition) is 4. The van der Waals surface area contributed by atoms with E-state index in [2.05, 4.69) is 109 Å². The topological polar surface area (TPSA) is 90.2 Å². The molecule has 0 aromatic heterocycles. The quantitative estimate of drug-likeness (QED) is 0.109. The van der Waals surface area contributed by atoms with Crippen LogP contribution in [0.2, 0.25) is 0 Å². The second kappa shape index (κ2) is 13.7. The molecule has 51 heavy (non-hydrogen) atoms. The first kappa shape index (κ1) is 33.5. The molecule has 4 N–H and O–H groups in total. The molecule has 0 spiro atoms. The van der Waals surface area contributed by atoms with E-state index in [0.717, 1.165) is 37.9 Å². The molecule has 0 saturated heterocycles. The van der Waals surface area contributed by atoms with Gasteiger partial charge in [-0.2, -0.15) is 0 Å². The van der Waals surface area contributed by atoms with E-state index in [1.807, 2.05) is 31.2 Å².